The molecule has 0 atom stereocenters. The molecule has 0 unspecified atom stereocenters. The lowest BCUT2D eigenvalue weighted by molar-refractivity contribution is 1.08. The molecule has 0 N–H and O–H groups in total. The van der Waals surface area contributed by atoms with Gasteiger partial charge in [0, 0.05) is 24.3 Å². The lowest BCUT2D eigenvalue weighted by atomic mass is 9.98. The molecule has 0 spiro atoms. The van der Waals surface area contributed by atoms with Crippen LogP contribution in [-0.2, 0) is 0 Å². The Labute approximate surface area is 161 Å². The Bertz CT molecular complexity index is 962. The summed E-state index contributed by atoms with van der Waals surface area (Å²) in [7, 11) is 2.12. The number of rotatable bonds is 4. The zero-order valence-electron chi connectivity index (χ0n) is 15.5. The van der Waals surface area contributed by atoms with E-state index in [-0.39, 0.29) is 0 Å². The van der Waals surface area contributed by atoms with Crippen LogP contribution in [-0.4, -0.2) is 7.05 Å². The van der Waals surface area contributed by atoms with Crippen LogP contribution in [0.25, 0.3) is 11.1 Å². The normalized spacial score (nSPS) is 13.5. The largest absolute Gasteiger partial charge is 0.345 e. The number of allylic oxidation sites excluding steroid dienone is 6. The number of nitrogens with zero attached hydrogens (tertiary/aromatic N) is 1. The third-order valence-electron chi connectivity index (χ3n) is 4.98. The molecule has 1 aliphatic rings. The van der Waals surface area contributed by atoms with E-state index >= 15 is 0 Å². The summed E-state index contributed by atoms with van der Waals surface area (Å²) in [5, 5.41) is 0. The number of benzene rings is 3. The van der Waals surface area contributed by atoms with Gasteiger partial charge in [-0.1, -0.05) is 91.1 Å². The summed E-state index contributed by atoms with van der Waals surface area (Å²) >= 11 is 0. The molecule has 0 aromatic heterocycles. The van der Waals surface area contributed by atoms with E-state index in [0.29, 0.717) is 5.92 Å². The summed E-state index contributed by atoms with van der Waals surface area (Å²) < 4.78 is 0. The summed E-state index contributed by atoms with van der Waals surface area (Å²) in [4.78, 5) is 2.23. The average molecular weight is 349 g/mol. The summed E-state index contributed by atoms with van der Waals surface area (Å²) in [5.41, 5.74) is 6.15. The van der Waals surface area contributed by atoms with E-state index in [9.17, 15) is 0 Å². The van der Waals surface area contributed by atoms with Crippen molar-refractivity contribution in [3.63, 3.8) is 0 Å². The van der Waals surface area contributed by atoms with E-state index in [1.54, 1.807) is 0 Å². The molecule has 1 aliphatic carbocycles. The molecule has 4 rings (SSSR count). The zero-order valence-corrected chi connectivity index (χ0v) is 15.5. The van der Waals surface area contributed by atoms with Crippen molar-refractivity contribution in [1.29, 1.82) is 0 Å². The topological polar surface area (TPSA) is 3.24 Å². The Morgan fingerprint density at radius 3 is 1.96 bits per heavy atom. The molecule has 0 bridgehead atoms. The van der Waals surface area contributed by atoms with E-state index < -0.39 is 0 Å². The SMILES string of the molecule is CN(c1ccc(C2C=CC=CC=C2)cc1)c1cccc(-c2ccccc2)c1. The molecule has 0 amide bonds. The van der Waals surface area contributed by atoms with Crippen molar-refractivity contribution in [3.05, 3.63) is 121 Å². The maximum atomic E-state index is 2.24. The van der Waals surface area contributed by atoms with Gasteiger partial charge in [0.1, 0.15) is 0 Å². The molecule has 0 heterocycles. The highest BCUT2D eigenvalue weighted by Crippen LogP contribution is 2.30. The molecule has 0 radical (unpaired) electrons. The van der Waals surface area contributed by atoms with E-state index in [2.05, 4.69) is 127 Å². The van der Waals surface area contributed by atoms with Gasteiger partial charge >= 0.3 is 0 Å². The molecule has 0 saturated carbocycles. The van der Waals surface area contributed by atoms with Crippen LogP contribution in [0.3, 0.4) is 0 Å². The maximum Gasteiger partial charge on any atom is 0.0414 e. The second-order valence-corrected chi connectivity index (χ2v) is 6.75. The van der Waals surface area contributed by atoms with Gasteiger partial charge in [-0.2, -0.15) is 0 Å². The minimum atomic E-state index is 0.334. The highest BCUT2D eigenvalue weighted by atomic mass is 15.1. The second-order valence-electron chi connectivity index (χ2n) is 6.75. The van der Waals surface area contributed by atoms with Crippen LogP contribution in [0.15, 0.2) is 115 Å². The second kappa shape index (κ2) is 7.92. The van der Waals surface area contributed by atoms with Gasteiger partial charge in [0.15, 0.2) is 0 Å². The van der Waals surface area contributed by atoms with Crippen LogP contribution in [0.4, 0.5) is 11.4 Å². The van der Waals surface area contributed by atoms with Crippen LogP contribution in [0.5, 0.6) is 0 Å². The minimum Gasteiger partial charge on any atom is -0.345 e. The fraction of sp³-hybridized carbons (Fsp3) is 0.0769. The first-order valence-corrected chi connectivity index (χ1v) is 9.32. The summed E-state index contributed by atoms with van der Waals surface area (Å²) in [6.45, 7) is 0. The van der Waals surface area contributed by atoms with Crippen LogP contribution in [0.2, 0.25) is 0 Å². The van der Waals surface area contributed by atoms with Gasteiger partial charge in [-0.25, -0.2) is 0 Å². The minimum absolute atomic E-state index is 0.334. The van der Waals surface area contributed by atoms with Crippen molar-refractivity contribution in [2.45, 2.75) is 5.92 Å². The molecule has 1 heteroatoms. The highest BCUT2D eigenvalue weighted by Gasteiger charge is 2.08. The van der Waals surface area contributed by atoms with E-state index in [1.165, 1.54) is 28.1 Å². The van der Waals surface area contributed by atoms with Crippen molar-refractivity contribution in [2.75, 3.05) is 11.9 Å². The predicted octanol–water partition coefficient (Wildman–Crippen LogP) is 6.89. The quantitative estimate of drug-likeness (QED) is 0.496. The van der Waals surface area contributed by atoms with Gasteiger partial charge in [0.2, 0.25) is 0 Å². The molecule has 132 valence electrons. The third-order valence-corrected chi connectivity index (χ3v) is 4.98. The Morgan fingerprint density at radius 2 is 1.26 bits per heavy atom. The smallest absolute Gasteiger partial charge is 0.0414 e. The fourth-order valence-electron chi connectivity index (χ4n) is 3.38. The summed E-state index contributed by atoms with van der Waals surface area (Å²) in [6, 6.07) is 28.0. The lowest BCUT2D eigenvalue weighted by Crippen LogP contribution is -2.09. The summed E-state index contributed by atoms with van der Waals surface area (Å²) in [6.07, 6.45) is 12.8. The van der Waals surface area contributed by atoms with E-state index in [1.807, 2.05) is 0 Å². The van der Waals surface area contributed by atoms with Crippen molar-refractivity contribution < 1.29 is 0 Å². The Kier molecular flexibility index (Phi) is 5.02. The van der Waals surface area contributed by atoms with Crippen molar-refractivity contribution >= 4 is 11.4 Å². The average Bonchev–Trinajstić information content (AvgIpc) is 3.04. The first kappa shape index (κ1) is 17.1. The van der Waals surface area contributed by atoms with Gasteiger partial charge < -0.3 is 4.90 Å². The molecule has 0 saturated heterocycles. The van der Waals surface area contributed by atoms with Crippen LogP contribution < -0.4 is 4.90 Å². The fourth-order valence-corrected chi connectivity index (χ4v) is 3.38. The Morgan fingerprint density at radius 1 is 0.593 bits per heavy atom. The first-order chi connectivity index (χ1) is 13.3. The van der Waals surface area contributed by atoms with Gasteiger partial charge in [0.25, 0.3) is 0 Å². The molecule has 0 aliphatic heterocycles. The van der Waals surface area contributed by atoms with Gasteiger partial charge in [0.05, 0.1) is 0 Å². The standard InChI is InChI=1S/C26H23N/c1-27(26-15-9-14-24(20-26)22-12-7-4-8-13-22)25-18-16-23(17-19-25)21-10-5-2-3-6-11-21/h2-21H,1H3. The van der Waals surface area contributed by atoms with E-state index in [4.69, 9.17) is 0 Å². The number of hydrogen-bond donors (Lipinski definition) is 0. The lowest BCUT2D eigenvalue weighted by Gasteiger charge is -2.21. The number of hydrogen-bond acceptors (Lipinski definition) is 1. The molecule has 0 fully saturated rings. The van der Waals surface area contributed by atoms with Gasteiger partial charge in [-0.05, 0) is 41.0 Å². The third kappa shape index (κ3) is 3.93. The number of anilines is 2. The molecular formula is C26H23N. The van der Waals surface area contributed by atoms with Crippen molar-refractivity contribution in [3.8, 4) is 11.1 Å². The van der Waals surface area contributed by atoms with Crippen LogP contribution >= 0.6 is 0 Å². The monoisotopic (exact) mass is 349 g/mol. The van der Waals surface area contributed by atoms with E-state index in [0.717, 1.165) is 0 Å². The molecular weight excluding hydrogens is 326 g/mol. The molecule has 27 heavy (non-hydrogen) atoms. The molecule has 3 aromatic rings. The zero-order chi connectivity index (χ0) is 18.5. The maximum absolute atomic E-state index is 2.24. The van der Waals surface area contributed by atoms with Gasteiger partial charge in [-0.15, -0.1) is 0 Å². The summed E-state index contributed by atoms with van der Waals surface area (Å²) in [5.74, 6) is 0.334. The molecule has 1 nitrogen and oxygen atoms in total. The van der Waals surface area contributed by atoms with Crippen LogP contribution in [0.1, 0.15) is 11.5 Å². The van der Waals surface area contributed by atoms with Crippen molar-refractivity contribution in [2.24, 2.45) is 0 Å². The highest BCUT2D eigenvalue weighted by molar-refractivity contribution is 5.72. The Hall–Kier alpha value is -3.32. The molecule has 3 aromatic carbocycles. The van der Waals surface area contributed by atoms with Gasteiger partial charge in [-0.3, -0.25) is 0 Å². The Balaban J connectivity index is 1.57. The van der Waals surface area contributed by atoms with Crippen molar-refractivity contribution in [1.82, 2.24) is 0 Å². The van der Waals surface area contributed by atoms with Crippen LogP contribution in [0, 0.1) is 0 Å². The predicted molar refractivity (Wildman–Crippen MR) is 117 cm³/mol. The first-order valence-electron chi connectivity index (χ1n) is 9.32.